The van der Waals surface area contributed by atoms with E-state index in [1.165, 1.54) is 6.92 Å². The molecule has 0 aliphatic heterocycles. The lowest BCUT2D eigenvalue weighted by Crippen LogP contribution is -2.14. The van der Waals surface area contributed by atoms with Gasteiger partial charge in [-0.25, -0.2) is 9.97 Å². The van der Waals surface area contributed by atoms with Crippen LogP contribution in [-0.4, -0.2) is 31.5 Å². The van der Waals surface area contributed by atoms with E-state index in [1.807, 2.05) is 24.6 Å². The number of rotatable bonds is 6. The Hall–Kier alpha value is -3.10. The van der Waals surface area contributed by atoms with Crippen LogP contribution in [0.5, 0.6) is 5.88 Å². The highest BCUT2D eigenvalue weighted by molar-refractivity contribution is 5.98. The number of nitrogens with one attached hydrogen (secondary N) is 1. The van der Waals surface area contributed by atoms with Crippen molar-refractivity contribution in [2.24, 2.45) is 0 Å². The number of pyridine rings is 1. The minimum atomic E-state index is -3.21. The molecular weight excluding hydrogens is 392 g/mol. The van der Waals surface area contributed by atoms with Crippen LogP contribution in [-0.2, 0) is 10.7 Å². The number of nitrogens with zero attached hydrogens (tertiary/aromatic N) is 4. The van der Waals surface area contributed by atoms with Gasteiger partial charge < -0.3 is 14.6 Å². The molecule has 1 aliphatic rings. The van der Waals surface area contributed by atoms with E-state index in [-0.39, 0.29) is 23.9 Å². The molecule has 0 unspecified atom stereocenters. The number of hydrogen-bond donors (Lipinski definition) is 1. The van der Waals surface area contributed by atoms with Crippen LogP contribution >= 0.6 is 0 Å². The van der Waals surface area contributed by atoms with Gasteiger partial charge in [0.05, 0.1) is 17.4 Å². The smallest absolute Gasteiger partial charge is 0.303 e. The van der Waals surface area contributed by atoms with E-state index < -0.39 is 11.7 Å². The number of ether oxygens (including phenoxy) is 1. The Morgan fingerprint density at radius 2 is 2.03 bits per heavy atom. The van der Waals surface area contributed by atoms with Crippen LogP contribution in [0.15, 0.2) is 24.5 Å². The molecule has 7 nitrogen and oxygen atoms in total. The second-order valence-electron chi connectivity index (χ2n) is 7.93. The first-order valence-electron chi connectivity index (χ1n) is 9.84. The first-order chi connectivity index (χ1) is 14.1. The number of fused-ring (bicyclic) bond motifs is 1. The van der Waals surface area contributed by atoms with Crippen LogP contribution in [0.3, 0.4) is 0 Å². The molecule has 158 valence electrons. The van der Waals surface area contributed by atoms with Gasteiger partial charge in [0, 0.05) is 43.1 Å². The lowest BCUT2D eigenvalue weighted by Gasteiger charge is -2.13. The summed E-state index contributed by atoms with van der Waals surface area (Å²) in [7, 11) is 0. The molecule has 1 fully saturated rings. The molecule has 1 saturated carbocycles. The average molecular weight is 415 g/mol. The van der Waals surface area contributed by atoms with E-state index in [2.05, 4.69) is 20.3 Å². The van der Waals surface area contributed by atoms with Crippen LogP contribution in [0, 0.1) is 0 Å². The van der Waals surface area contributed by atoms with E-state index in [1.54, 1.807) is 18.3 Å². The lowest BCUT2D eigenvalue weighted by molar-refractivity contribution is -0.114. The predicted molar refractivity (Wildman–Crippen MR) is 109 cm³/mol. The fraction of sp³-hybridized carbons (Fsp3) is 0.429. The molecule has 9 heteroatoms. The van der Waals surface area contributed by atoms with Crippen molar-refractivity contribution in [3.8, 4) is 17.1 Å². The van der Waals surface area contributed by atoms with Crippen molar-refractivity contribution in [3.63, 3.8) is 0 Å². The number of alkyl halides is 2. The number of hydrogen-bond acceptors (Lipinski definition) is 5. The van der Waals surface area contributed by atoms with Gasteiger partial charge in [0.15, 0.2) is 0 Å². The number of amides is 1. The highest BCUT2D eigenvalue weighted by Gasteiger charge is 2.32. The Kier molecular flexibility index (Phi) is 4.91. The average Bonchev–Trinajstić information content (AvgIpc) is 3.37. The number of anilines is 1. The molecule has 30 heavy (non-hydrogen) atoms. The summed E-state index contributed by atoms with van der Waals surface area (Å²) in [4.78, 5) is 23.8. The van der Waals surface area contributed by atoms with Gasteiger partial charge in [-0.2, -0.15) is 13.8 Å². The zero-order chi connectivity index (χ0) is 21.6. The van der Waals surface area contributed by atoms with Crippen molar-refractivity contribution in [3.05, 3.63) is 30.4 Å². The van der Waals surface area contributed by atoms with Gasteiger partial charge in [-0.15, -0.1) is 0 Å². The van der Waals surface area contributed by atoms with Gasteiger partial charge in [-0.3, -0.25) is 4.79 Å². The topological polar surface area (TPSA) is 81.9 Å². The molecule has 0 atom stereocenters. The lowest BCUT2D eigenvalue weighted by atomic mass is 10.1. The van der Waals surface area contributed by atoms with Gasteiger partial charge in [0.2, 0.25) is 17.6 Å². The first kappa shape index (κ1) is 20.2. The van der Waals surface area contributed by atoms with Gasteiger partial charge in [0.1, 0.15) is 11.9 Å². The minimum absolute atomic E-state index is 0.0126. The molecule has 0 spiro atoms. The SMILES string of the molecule is CC(=O)Nc1cc2c(-c3cc(OC4CC4)nc(C(C)(F)F)n3)cn(C(C)C)c2cn1. The Balaban J connectivity index is 1.91. The second kappa shape index (κ2) is 7.30. The predicted octanol–water partition coefficient (Wildman–Crippen LogP) is 4.69. The quantitative estimate of drug-likeness (QED) is 0.632. The molecular formula is C21H23F2N5O2. The molecule has 3 aromatic heterocycles. The molecule has 1 amide bonds. The van der Waals surface area contributed by atoms with Crippen LogP contribution in [0.1, 0.15) is 52.4 Å². The molecule has 0 aromatic carbocycles. The van der Waals surface area contributed by atoms with Crippen molar-refractivity contribution in [2.75, 3.05) is 5.32 Å². The third kappa shape index (κ3) is 4.10. The van der Waals surface area contributed by atoms with Crippen molar-refractivity contribution in [1.82, 2.24) is 19.5 Å². The maximum atomic E-state index is 14.1. The summed E-state index contributed by atoms with van der Waals surface area (Å²) in [6, 6.07) is 3.41. The molecule has 1 N–H and O–H groups in total. The maximum absolute atomic E-state index is 14.1. The maximum Gasteiger partial charge on any atom is 0.303 e. The van der Waals surface area contributed by atoms with Crippen molar-refractivity contribution < 1.29 is 18.3 Å². The van der Waals surface area contributed by atoms with E-state index >= 15 is 0 Å². The molecule has 0 saturated heterocycles. The normalized spacial score (nSPS) is 14.4. The van der Waals surface area contributed by atoms with Gasteiger partial charge in [-0.1, -0.05) is 0 Å². The second-order valence-corrected chi connectivity index (χ2v) is 7.93. The van der Waals surface area contributed by atoms with E-state index in [0.29, 0.717) is 17.1 Å². The zero-order valence-electron chi connectivity index (χ0n) is 17.2. The Morgan fingerprint density at radius 3 is 2.63 bits per heavy atom. The van der Waals surface area contributed by atoms with Crippen molar-refractivity contribution >= 4 is 22.6 Å². The number of aromatic nitrogens is 4. The monoisotopic (exact) mass is 415 g/mol. The summed E-state index contributed by atoms with van der Waals surface area (Å²) >= 11 is 0. The van der Waals surface area contributed by atoms with Gasteiger partial charge in [-0.05, 0) is 32.8 Å². The third-order valence-electron chi connectivity index (χ3n) is 4.76. The van der Waals surface area contributed by atoms with Crippen LogP contribution < -0.4 is 10.1 Å². The zero-order valence-corrected chi connectivity index (χ0v) is 17.2. The molecule has 3 heterocycles. The Bertz CT molecular complexity index is 1120. The van der Waals surface area contributed by atoms with Crippen LogP contribution in [0.4, 0.5) is 14.6 Å². The first-order valence-corrected chi connectivity index (χ1v) is 9.84. The van der Waals surface area contributed by atoms with E-state index in [0.717, 1.165) is 30.7 Å². The number of carbonyl (C=O) groups excluding carboxylic acids is 1. The van der Waals surface area contributed by atoms with E-state index in [4.69, 9.17) is 4.74 Å². The molecule has 1 aliphatic carbocycles. The summed E-state index contributed by atoms with van der Waals surface area (Å²) in [5, 5.41) is 3.40. The summed E-state index contributed by atoms with van der Waals surface area (Å²) < 4.78 is 35.9. The summed E-state index contributed by atoms with van der Waals surface area (Å²) in [6.45, 7) is 6.19. The summed E-state index contributed by atoms with van der Waals surface area (Å²) in [6.07, 6.45) is 5.29. The van der Waals surface area contributed by atoms with Crippen LogP contribution in [0.25, 0.3) is 22.2 Å². The fourth-order valence-corrected chi connectivity index (χ4v) is 3.20. The van der Waals surface area contributed by atoms with Gasteiger partial charge >= 0.3 is 5.92 Å². The molecule has 0 radical (unpaired) electrons. The minimum Gasteiger partial charge on any atom is -0.474 e. The Morgan fingerprint density at radius 1 is 1.30 bits per heavy atom. The largest absolute Gasteiger partial charge is 0.474 e. The van der Waals surface area contributed by atoms with Crippen molar-refractivity contribution in [1.29, 1.82) is 0 Å². The van der Waals surface area contributed by atoms with E-state index in [9.17, 15) is 13.6 Å². The molecule has 3 aromatic rings. The summed E-state index contributed by atoms with van der Waals surface area (Å²) in [5.41, 5.74) is 1.78. The number of halogens is 2. The highest BCUT2D eigenvalue weighted by atomic mass is 19.3. The molecule has 0 bridgehead atoms. The van der Waals surface area contributed by atoms with Gasteiger partial charge in [0.25, 0.3) is 0 Å². The fourth-order valence-electron chi connectivity index (χ4n) is 3.20. The molecule has 4 rings (SSSR count). The standard InChI is InChI=1S/C21H23F2N5O2/c1-11(2)28-10-15(14-7-18(25-12(3)29)24-9-17(14)28)16-8-19(30-13-5-6-13)27-20(26-16)21(4,22)23/h7-11,13H,5-6H2,1-4H3,(H,24,25,29). The third-order valence-corrected chi connectivity index (χ3v) is 4.76. The van der Waals surface area contributed by atoms with Crippen LogP contribution in [0.2, 0.25) is 0 Å². The number of carbonyl (C=O) groups is 1. The summed E-state index contributed by atoms with van der Waals surface area (Å²) in [5.74, 6) is -3.53. The highest BCUT2D eigenvalue weighted by Crippen LogP contribution is 2.36. The van der Waals surface area contributed by atoms with Crippen molar-refractivity contribution in [2.45, 2.75) is 58.6 Å². The Labute approximate surface area is 172 Å².